The lowest BCUT2D eigenvalue weighted by atomic mass is 10.2. The third-order valence-electron chi connectivity index (χ3n) is 3.83. The van der Waals surface area contributed by atoms with Crippen LogP contribution in [0.2, 0.25) is 0 Å². The van der Waals surface area contributed by atoms with Crippen LogP contribution in [0.5, 0.6) is 0 Å². The van der Waals surface area contributed by atoms with Crippen molar-refractivity contribution in [2.45, 2.75) is 6.42 Å². The zero-order valence-corrected chi connectivity index (χ0v) is 12.2. The van der Waals surface area contributed by atoms with E-state index in [1.54, 1.807) is 29.4 Å². The molecule has 3 rings (SSSR count). The molecule has 0 unspecified atom stereocenters. The number of nitrogens with one attached hydrogen (secondary N) is 1. The first-order valence-electron chi connectivity index (χ1n) is 7.33. The summed E-state index contributed by atoms with van der Waals surface area (Å²) in [7, 11) is 0. The van der Waals surface area contributed by atoms with Crippen molar-refractivity contribution < 1.29 is 9.59 Å². The number of piperazine rings is 1. The van der Waals surface area contributed by atoms with E-state index in [-0.39, 0.29) is 11.8 Å². The minimum Gasteiger partial charge on any atom is -0.365 e. The molecule has 6 heteroatoms. The van der Waals surface area contributed by atoms with Gasteiger partial charge in [-0.3, -0.25) is 14.6 Å². The van der Waals surface area contributed by atoms with Crippen LogP contribution in [-0.2, 0) is 11.2 Å². The molecule has 6 nitrogen and oxygen atoms in total. The maximum atomic E-state index is 12.3. The van der Waals surface area contributed by atoms with Crippen molar-refractivity contribution in [2.24, 2.45) is 0 Å². The van der Waals surface area contributed by atoms with E-state index in [1.807, 2.05) is 23.2 Å². The number of amides is 2. The Hall–Kier alpha value is -2.63. The SMILES string of the molecule is O=C(Cc1ccc[nH]1)N1CCN(C(=O)c2cccnc2)CC1. The highest BCUT2D eigenvalue weighted by atomic mass is 16.2. The van der Waals surface area contributed by atoms with E-state index in [0.29, 0.717) is 38.2 Å². The van der Waals surface area contributed by atoms with Crippen LogP contribution in [0.25, 0.3) is 0 Å². The van der Waals surface area contributed by atoms with Gasteiger partial charge in [0.15, 0.2) is 0 Å². The van der Waals surface area contributed by atoms with Gasteiger partial charge in [-0.1, -0.05) is 0 Å². The predicted molar refractivity (Wildman–Crippen MR) is 81.2 cm³/mol. The molecule has 1 N–H and O–H groups in total. The first-order chi connectivity index (χ1) is 10.7. The average Bonchev–Trinajstić information content (AvgIpc) is 3.08. The highest BCUT2D eigenvalue weighted by molar-refractivity contribution is 5.94. The number of hydrogen-bond acceptors (Lipinski definition) is 3. The topological polar surface area (TPSA) is 69.3 Å². The summed E-state index contributed by atoms with van der Waals surface area (Å²) >= 11 is 0. The molecule has 22 heavy (non-hydrogen) atoms. The Morgan fingerprint density at radius 3 is 2.50 bits per heavy atom. The molecule has 2 aromatic rings. The predicted octanol–water partition coefficient (Wildman–Crippen LogP) is 0.937. The van der Waals surface area contributed by atoms with E-state index >= 15 is 0 Å². The van der Waals surface area contributed by atoms with Crippen molar-refractivity contribution >= 4 is 11.8 Å². The van der Waals surface area contributed by atoms with Gasteiger partial charge < -0.3 is 14.8 Å². The lowest BCUT2D eigenvalue weighted by molar-refractivity contribution is -0.132. The van der Waals surface area contributed by atoms with E-state index in [9.17, 15) is 9.59 Å². The van der Waals surface area contributed by atoms with Gasteiger partial charge in [0.1, 0.15) is 0 Å². The molecular weight excluding hydrogens is 280 g/mol. The summed E-state index contributed by atoms with van der Waals surface area (Å²) < 4.78 is 0. The molecule has 0 aromatic carbocycles. The largest absolute Gasteiger partial charge is 0.365 e. The van der Waals surface area contributed by atoms with Gasteiger partial charge in [0.25, 0.3) is 5.91 Å². The van der Waals surface area contributed by atoms with Crippen molar-refractivity contribution in [2.75, 3.05) is 26.2 Å². The number of pyridine rings is 1. The van der Waals surface area contributed by atoms with Gasteiger partial charge in [-0.25, -0.2) is 0 Å². The zero-order valence-electron chi connectivity index (χ0n) is 12.2. The van der Waals surface area contributed by atoms with Gasteiger partial charge in [0.05, 0.1) is 12.0 Å². The Kier molecular flexibility index (Phi) is 4.18. The van der Waals surface area contributed by atoms with Crippen molar-refractivity contribution in [3.63, 3.8) is 0 Å². The second-order valence-corrected chi connectivity index (χ2v) is 5.29. The molecule has 1 aliphatic heterocycles. The number of hydrogen-bond donors (Lipinski definition) is 1. The first kappa shape index (κ1) is 14.3. The normalized spacial score (nSPS) is 14.9. The summed E-state index contributed by atoms with van der Waals surface area (Å²) in [6.07, 6.45) is 5.41. The molecule has 0 radical (unpaired) electrons. The van der Waals surface area contributed by atoms with Crippen LogP contribution in [0, 0.1) is 0 Å². The molecule has 2 aromatic heterocycles. The van der Waals surface area contributed by atoms with Gasteiger partial charge in [-0.05, 0) is 24.3 Å². The molecule has 114 valence electrons. The Labute approximate surface area is 128 Å². The fraction of sp³-hybridized carbons (Fsp3) is 0.312. The molecule has 0 bridgehead atoms. The maximum Gasteiger partial charge on any atom is 0.255 e. The van der Waals surface area contributed by atoms with E-state index in [4.69, 9.17) is 0 Å². The van der Waals surface area contributed by atoms with Crippen LogP contribution < -0.4 is 0 Å². The number of carbonyl (C=O) groups excluding carboxylic acids is 2. The van der Waals surface area contributed by atoms with Crippen molar-refractivity contribution in [3.05, 3.63) is 54.1 Å². The number of aromatic nitrogens is 2. The Bertz CT molecular complexity index is 631. The Morgan fingerprint density at radius 1 is 1.09 bits per heavy atom. The minimum atomic E-state index is -0.0235. The van der Waals surface area contributed by atoms with Gasteiger partial charge >= 0.3 is 0 Å². The van der Waals surface area contributed by atoms with Gasteiger partial charge in [0.2, 0.25) is 5.91 Å². The summed E-state index contributed by atoms with van der Waals surface area (Å²) in [5.41, 5.74) is 1.51. The molecule has 0 aliphatic carbocycles. The maximum absolute atomic E-state index is 12.3. The summed E-state index contributed by atoms with van der Waals surface area (Å²) in [5, 5.41) is 0. The van der Waals surface area contributed by atoms with Crippen LogP contribution in [0.15, 0.2) is 42.9 Å². The van der Waals surface area contributed by atoms with Crippen molar-refractivity contribution in [1.29, 1.82) is 0 Å². The number of carbonyl (C=O) groups is 2. The van der Waals surface area contributed by atoms with E-state index in [1.165, 1.54) is 0 Å². The highest BCUT2D eigenvalue weighted by Gasteiger charge is 2.24. The molecule has 1 saturated heterocycles. The summed E-state index contributed by atoms with van der Waals surface area (Å²) in [5.74, 6) is 0.0699. The van der Waals surface area contributed by atoms with E-state index < -0.39 is 0 Å². The second-order valence-electron chi connectivity index (χ2n) is 5.29. The number of nitrogens with zero attached hydrogens (tertiary/aromatic N) is 3. The van der Waals surface area contributed by atoms with Crippen LogP contribution in [0.1, 0.15) is 16.1 Å². The fourth-order valence-electron chi connectivity index (χ4n) is 2.58. The Balaban J connectivity index is 1.54. The third-order valence-corrected chi connectivity index (χ3v) is 3.83. The lowest BCUT2D eigenvalue weighted by Gasteiger charge is -2.34. The second kappa shape index (κ2) is 6.43. The van der Waals surface area contributed by atoms with Crippen LogP contribution in [0.4, 0.5) is 0 Å². The van der Waals surface area contributed by atoms with Crippen LogP contribution >= 0.6 is 0 Å². The molecule has 0 atom stereocenters. The summed E-state index contributed by atoms with van der Waals surface area (Å²) in [4.78, 5) is 35.1. The first-order valence-corrected chi connectivity index (χ1v) is 7.33. The molecule has 0 saturated carbocycles. The molecule has 1 aliphatic rings. The van der Waals surface area contributed by atoms with Crippen LogP contribution in [-0.4, -0.2) is 57.8 Å². The molecule has 0 spiro atoms. The molecular formula is C16H18N4O2. The monoisotopic (exact) mass is 298 g/mol. The van der Waals surface area contributed by atoms with Crippen molar-refractivity contribution in [1.82, 2.24) is 19.8 Å². The smallest absolute Gasteiger partial charge is 0.255 e. The van der Waals surface area contributed by atoms with Crippen LogP contribution in [0.3, 0.4) is 0 Å². The molecule has 3 heterocycles. The van der Waals surface area contributed by atoms with Gasteiger partial charge in [0, 0.05) is 50.5 Å². The summed E-state index contributed by atoms with van der Waals surface area (Å²) in [6, 6.07) is 7.30. The average molecular weight is 298 g/mol. The van der Waals surface area contributed by atoms with Gasteiger partial charge in [-0.2, -0.15) is 0 Å². The number of aromatic amines is 1. The standard InChI is InChI=1S/C16H18N4O2/c21-15(11-14-4-2-6-18-14)19-7-9-20(10-8-19)16(22)13-3-1-5-17-12-13/h1-6,12,18H,7-11H2. The number of rotatable bonds is 3. The summed E-state index contributed by atoms with van der Waals surface area (Å²) in [6.45, 7) is 2.27. The highest BCUT2D eigenvalue weighted by Crippen LogP contribution is 2.09. The van der Waals surface area contributed by atoms with Gasteiger partial charge in [-0.15, -0.1) is 0 Å². The molecule has 2 amide bonds. The Morgan fingerprint density at radius 2 is 1.86 bits per heavy atom. The quantitative estimate of drug-likeness (QED) is 0.917. The minimum absolute atomic E-state index is 0.0235. The molecule has 1 fully saturated rings. The number of H-pyrrole nitrogens is 1. The zero-order chi connectivity index (χ0) is 15.4. The van der Waals surface area contributed by atoms with E-state index in [0.717, 1.165) is 5.69 Å². The lowest BCUT2D eigenvalue weighted by Crippen LogP contribution is -2.51. The van der Waals surface area contributed by atoms with E-state index in [2.05, 4.69) is 9.97 Å². The van der Waals surface area contributed by atoms with Crippen molar-refractivity contribution in [3.8, 4) is 0 Å². The third kappa shape index (κ3) is 3.16. The fourth-order valence-corrected chi connectivity index (χ4v) is 2.58.